The molecule has 0 aliphatic carbocycles. The summed E-state index contributed by atoms with van der Waals surface area (Å²) in [5.41, 5.74) is 5.79. The van der Waals surface area contributed by atoms with E-state index in [4.69, 9.17) is 0 Å². The maximum atomic E-state index is 12.2. The minimum Gasteiger partial charge on any atom is -0.307 e. The lowest BCUT2D eigenvalue weighted by Crippen LogP contribution is -2.35. The molecular weight excluding hydrogens is 388 g/mol. The number of thioether (sulfide) groups is 1. The van der Waals surface area contributed by atoms with Gasteiger partial charge in [0.2, 0.25) is 11.1 Å². The third-order valence-electron chi connectivity index (χ3n) is 4.61. The van der Waals surface area contributed by atoms with Gasteiger partial charge in [-0.3, -0.25) is 10.1 Å². The monoisotopic (exact) mass is 410 g/mol. The quantitative estimate of drug-likeness (QED) is 0.626. The van der Waals surface area contributed by atoms with Crippen molar-refractivity contribution in [3.8, 4) is 5.69 Å². The summed E-state index contributed by atoms with van der Waals surface area (Å²) in [5.74, 6) is -0.432. The number of tetrazole rings is 1. The fourth-order valence-electron chi connectivity index (χ4n) is 2.62. The number of rotatable bonds is 5. The number of anilines is 1. The number of carbonyl (C=O) groups excluding carboxylic acids is 2. The second kappa shape index (κ2) is 8.87. The molecule has 0 atom stereocenters. The third-order valence-corrected chi connectivity index (χ3v) is 5.53. The molecule has 0 unspecified atom stereocenters. The van der Waals surface area contributed by atoms with E-state index in [1.165, 1.54) is 5.56 Å². The van der Waals surface area contributed by atoms with Gasteiger partial charge in [-0.1, -0.05) is 30.0 Å². The molecule has 0 fully saturated rings. The van der Waals surface area contributed by atoms with E-state index >= 15 is 0 Å². The highest BCUT2D eigenvalue weighted by molar-refractivity contribution is 7.99. The van der Waals surface area contributed by atoms with Crippen LogP contribution in [0.4, 0.5) is 10.5 Å². The zero-order chi connectivity index (χ0) is 21.0. The Kier molecular flexibility index (Phi) is 6.28. The van der Waals surface area contributed by atoms with Crippen molar-refractivity contribution in [3.05, 3.63) is 58.7 Å². The number of nitrogens with zero attached hydrogens (tertiary/aromatic N) is 4. The number of benzene rings is 2. The van der Waals surface area contributed by atoms with Crippen LogP contribution in [0.2, 0.25) is 0 Å². The Hall–Kier alpha value is -3.20. The summed E-state index contributed by atoms with van der Waals surface area (Å²) in [4.78, 5) is 24.3. The Labute approximate surface area is 173 Å². The largest absolute Gasteiger partial charge is 0.325 e. The first kappa shape index (κ1) is 20.5. The van der Waals surface area contributed by atoms with E-state index < -0.39 is 11.9 Å². The average Bonchev–Trinajstić information content (AvgIpc) is 3.14. The van der Waals surface area contributed by atoms with Gasteiger partial charge in [-0.15, -0.1) is 5.10 Å². The summed E-state index contributed by atoms with van der Waals surface area (Å²) in [7, 11) is 0. The number of aryl methyl sites for hydroxylation is 3. The smallest absolute Gasteiger partial charge is 0.307 e. The van der Waals surface area contributed by atoms with Gasteiger partial charge in [-0.25, -0.2) is 4.79 Å². The molecule has 29 heavy (non-hydrogen) atoms. The van der Waals surface area contributed by atoms with Crippen molar-refractivity contribution in [2.24, 2.45) is 0 Å². The molecule has 3 aromatic rings. The first-order chi connectivity index (χ1) is 13.8. The molecule has 0 saturated heterocycles. The summed E-state index contributed by atoms with van der Waals surface area (Å²) in [6, 6.07) is 10.9. The van der Waals surface area contributed by atoms with Crippen LogP contribution in [0, 0.1) is 27.7 Å². The van der Waals surface area contributed by atoms with Gasteiger partial charge in [0.15, 0.2) is 0 Å². The molecule has 1 heterocycles. The second-order valence-corrected chi connectivity index (χ2v) is 7.62. The van der Waals surface area contributed by atoms with Gasteiger partial charge < -0.3 is 5.32 Å². The Bertz CT molecular complexity index is 1060. The van der Waals surface area contributed by atoms with Gasteiger partial charge in [0.25, 0.3) is 0 Å². The fourth-order valence-corrected chi connectivity index (χ4v) is 3.31. The van der Waals surface area contributed by atoms with Crippen LogP contribution in [0.5, 0.6) is 0 Å². The van der Waals surface area contributed by atoms with E-state index in [2.05, 4.69) is 26.2 Å². The zero-order valence-corrected chi connectivity index (χ0v) is 17.5. The maximum absolute atomic E-state index is 12.2. The predicted molar refractivity (Wildman–Crippen MR) is 112 cm³/mol. The van der Waals surface area contributed by atoms with Gasteiger partial charge >= 0.3 is 6.03 Å². The number of hydrogen-bond donors (Lipinski definition) is 2. The van der Waals surface area contributed by atoms with Gasteiger partial charge in [0.05, 0.1) is 11.4 Å². The van der Waals surface area contributed by atoms with Crippen LogP contribution in [0.15, 0.2) is 41.6 Å². The predicted octanol–water partition coefficient (Wildman–Crippen LogP) is 3.34. The zero-order valence-electron chi connectivity index (χ0n) is 16.7. The number of urea groups is 1. The van der Waals surface area contributed by atoms with Gasteiger partial charge in [0, 0.05) is 5.69 Å². The molecule has 2 aromatic carbocycles. The summed E-state index contributed by atoms with van der Waals surface area (Å²) >= 11 is 1.16. The van der Waals surface area contributed by atoms with Crippen molar-refractivity contribution >= 4 is 29.4 Å². The minimum atomic E-state index is -0.571. The normalized spacial score (nSPS) is 10.6. The topological polar surface area (TPSA) is 102 Å². The van der Waals surface area contributed by atoms with Crippen LogP contribution in [-0.4, -0.2) is 37.9 Å². The van der Waals surface area contributed by atoms with Gasteiger partial charge in [-0.05, 0) is 78.6 Å². The molecule has 0 bridgehead atoms. The first-order valence-electron chi connectivity index (χ1n) is 9.01. The second-order valence-electron chi connectivity index (χ2n) is 6.68. The van der Waals surface area contributed by atoms with E-state index in [0.717, 1.165) is 34.1 Å². The van der Waals surface area contributed by atoms with Crippen LogP contribution in [0.3, 0.4) is 0 Å². The van der Waals surface area contributed by atoms with Crippen molar-refractivity contribution in [2.45, 2.75) is 32.9 Å². The standard InChI is InChI=1S/C20H22N6O2S/c1-12-8-9-16(10-14(12)3)26-20(23-24-25-26)29-11-18(27)22-19(28)21-17-7-5-6-13(2)15(17)4/h5-10H,11H2,1-4H3,(H2,21,22,27,28). The molecule has 0 radical (unpaired) electrons. The number of nitrogens with one attached hydrogen (secondary N) is 2. The summed E-state index contributed by atoms with van der Waals surface area (Å²) in [6.45, 7) is 7.91. The van der Waals surface area contributed by atoms with Crippen LogP contribution < -0.4 is 10.6 Å². The third kappa shape index (κ3) is 5.00. The number of carbonyl (C=O) groups is 2. The van der Waals surface area contributed by atoms with E-state index in [1.54, 1.807) is 10.7 Å². The van der Waals surface area contributed by atoms with E-state index in [1.807, 2.05) is 58.0 Å². The molecule has 1 aromatic heterocycles. The van der Waals surface area contributed by atoms with Crippen LogP contribution in [-0.2, 0) is 4.79 Å². The average molecular weight is 411 g/mol. The number of imide groups is 1. The number of hydrogen-bond acceptors (Lipinski definition) is 6. The lowest BCUT2D eigenvalue weighted by molar-refractivity contribution is -0.117. The highest BCUT2D eigenvalue weighted by Gasteiger charge is 2.14. The van der Waals surface area contributed by atoms with E-state index in [9.17, 15) is 9.59 Å². The highest BCUT2D eigenvalue weighted by atomic mass is 32.2. The van der Waals surface area contributed by atoms with Crippen LogP contribution in [0.25, 0.3) is 5.69 Å². The molecule has 3 rings (SSSR count). The Morgan fingerprint density at radius 1 is 1.03 bits per heavy atom. The molecular formula is C20H22N6O2S. The van der Waals surface area contributed by atoms with E-state index in [-0.39, 0.29) is 5.75 Å². The SMILES string of the molecule is Cc1ccc(-n2nnnc2SCC(=O)NC(=O)Nc2cccc(C)c2C)cc1C. The highest BCUT2D eigenvalue weighted by Crippen LogP contribution is 2.20. The van der Waals surface area contributed by atoms with Crippen molar-refractivity contribution < 1.29 is 9.59 Å². The molecule has 8 nitrogen and oxygen atoms in total. The van der Waals surface area contributed by atoms with Gasteiger partial charge in [0.1, 0.15) is 0 Å². The molecule has 3 amide bonds. The molecule has 0 aliphatic rings. The Morgan fingerprint density at radius 2 is 1.83 bits per heavy atom. The van der Waals surface area contributed by atoms with Crippen molar-refractivity contribution in [2.75, 3.05) is 11.1 Å². The Balaban J connectivity index is 1.59. The summed E-state index contributed by atoms with van der Waals surface area (Å²) in [6.07, 6.45) is 0. The maximum Gasteiger partial charge on any atom is 0.325 e. The molecule has 2 N–H and O–H groups in total. The number of amides is 3. The van der Waals surface area contributed by atoms with Crippen molar-refractivity contribution in [1.82, 2.24) is 25.5 Å². The molecule has 0 saturated carbocycles. The van der Waals surface area contributed by atoms with Gasteiger partial charge in [-0.2, -0.15) is 4.68 Å². The molecule has 0 spiro atoms. The minimum absolute atomic E-state index is 0.00539. The molecule has 150 valence electrons. The van der Waals surface area contributed by atoms with E-state index in [0.29, 0.717) is 10.8 Å². The molecule has 9 heteroatoms. The first-order valence-corrected chi connectivity index (χ1v) is 9.99. The Morgan fingerprint density at radius 3 is 2.59 bits per heavy atom. The fraction of sp³-hybridized carbons (Fsp3) is 0.250. The summed E-state index contributed by atoms with van der Waals surface area (Å²) in [5, 5.41) is 17.2. The lowest BCUT2D eigenvalue weighted by atomic mass is 10.1. The lowest BCUT2D eigenvalue weighted by Gasteiger charge is -2.11. The molecule has 0 aliphatic heterocycles. The number of aromatic nitrogens is 4. The van der Waals surface area contributed by atoms with Crippen molar-refractivity contribution in [3.63, 3.8) is 0 Å². The van der Waals surface area contributed by atoms with Crippen LogP contribution >= 0.6 is 11.8 Å². The van der Waals surface area contributed by atoms with Crippen LogP contribution in [0.1, 0.15) is 22.3 Å². The summed E-state index contributed by atoms with van der Waals surface area (Å²) < 4.78 is 1.57. The van der Waals surface area contributed by atoms with Crippen molar-refractivity contribution in [1.29, 1.82) is 0 Å².